The summed E-state index contributed by atoms with van der Waals surface area (Å²) >= 11 is 0. The number of hydrazone groups is 1. The number of carbonyl (C=O) groups excluding carboxylic acids is 2. The van der Waals surface area contributed by atoms with Gasteiger partial charge in [0.1, 0.15) is 12.4 Å². The lowest BCUT2D eigenvalue weighted by Crippen LogP contribution is -2.32. The Morgan fingerprint density at radius 1 is 0.875 bits per heavy atom. The molecule has 0 radical (unpaired) electrons. The smallest absolute Gasteiger partial charge is 0.329 e. The average Bonchev–Trinajstić information content (AvgIpc) is 2.79. The fraction of sp³-hybridized carbons (Fsp3) is 0.192. The topological polar surface area (TPSA) is 79.8 Å². The van der Waals surface area contributed by atoms with Crippen molar-refractivity contribution in [2.24, 2.45) is 5.10 Å². The molecule has 0 saturated carbocycles. The largest absolute Gasteiger partial charge is 0.489 e. The van der Waals surface area contributed by atoms with E-state index in [9.17, 15) is 9.59 Å². The number of nitrogens with zero attached hydrogens (tertiary/aromatic N) is 1. The second kappa shape index (κ2) is 10.4. The van der Waals surface area contributed by atoms with Crippen LogP contribution in [0.4, 0.5) is 5.69 Å². The Bertz CT molecular complexity index is 1070. The number of hydrogen-bond donors (Lipinski definition) is 2. The molecule has 0 aliphatic rings. The summed E-state index contributed by atoms with van der Waals surface area (Å²) < 4.78 is 5.71. The minimum Gasteiger partial charge on any atom is -0.489 e. The van der Waals surface area contributed by atoms with Crippen molar-refractivity contribution in [3.8, 4) is 5.75 Å². The molecule has 6 nitrogen and oxygen atoms in total. The van der Waals surface area contributed by atoms with Gasteiger partial charge in [-0.25, -0.2) is 5.43 Å². The van der Waals surface area contributed by atoms with Gasteiger partial charge in [-0.15, -0.1) is 0 Å². The van der Waals surface area contributed by atoms with Crippen LogP contribution in [0.1, 0.15) is 37.5 Å². The van der Waals surface area contributed by atoms with Crippen LogP contribution in [0.5, 0.6) is 5.75 Å². The maximum atomic E-state index is 12.1. The third-order valence-corrected chi connectivity index (χ3v) is 4.72. The second-order valence-corrected chi connectivity index (χ2v) is 8.32. The molecule has 2 N–H and O–H groups in total. The number of anilines is 1. The zero-order valence-electron chi connectivity index (χ0n) is 18.5. The lowest BCUT2D eigenvalue weighted by molar-refractivity contribution is -0.136. The van der Waals surface area contributed by atoms with E-state index in [-0.39, 0.29) is 5.41 Å². The minimum absolute atomic E-state index is 0.0637. The first-order chi connectivity index (χ1) is 15.3. The molecule has 3 aromatic carbocycles. The van der Waals surface area contributed by atoms with Gasteiger partial charge in [0, 0.05) is 5.69 Å². The van der Waals surface area contributed by atoms with Crippen LogP contribution in [0, 0.1) is 0 Å². The first-order valence-electron chi connectivity index (χ1n) is 10.3. The van der Waals surface area contributed by atoms with Gasteiger partial charge in [0.15, 0.2) is 0 Å². The zero-order valence-corrected chi connectivity index (χ0v) is 18.5. The van der Waals surface area contributed by atoms with Gasteiger partial charge in [0.05, 0.1) is 6.21 Å². The molecule has 0 aromatic heterocycles. The van der Waals surface area contributed by atoms with Crippen LogP contribution in [0.15, 0.2) is 84.0 Å². The number of carbonyl (C=O) groups is 2. The number of nitrogens with one attached hydrogen (secondary N) is 2. The molecular weight excluding hydrogens is 402 g/mol. The highest BCUT2D eigenvalue weighted by Crippen LogP contribution is 2.21. The van der Waals surface area contributed by atoms with Gasteiger partial charge < -0.3 is 10.1 Å². The van der Waals surface area contributed by atoms with Crippen LogP contribution in [0.25, 0.3) is 0 Å². The summed E-state index contributed by atoms with van der Waals surface area (Å²) in [6, 6.07) is 24.5. The van der Waals surface area contributed by atoms with Crippen molar-refractivity contribution >= 4 is 23.7 Å². The van der Waals surface area contributed by atoms with Gasteiger partial charge in [-0.05, 0) is 46.4 Å². The Morgan fingerprint density at radius 3 is 2.16 bits per heavy atom. The number of rotatable bonds is 6. The Morgan fingerprint density at radius 2 is 1.53 bits per heavy atom. The van der Waals surface area contributed by atoms with E-state index in [1.807, 2.05) is 54.6 Å². The Kier molecular flexibility index (Phi) is 7.39. The van der Waals surface area contributed by atoms with Gasteiger partial charge in [-0.3, -0.25) is 9.59 Å². The molecule has 0 spiro atoms. The summed E-state index contributed by atoms with van der Waals surface area (Å²) in [4.78, 5) is 24.1. The van der Waals surface area contributed by atoms with Crippen molar-refractivity contribution < 1.29 is 14.3 Å². The highest BCUT2D eigenvalue weighted by molar-refractivity contribution is 6.39. The van der Waals surface area contributed by atoms with Gasteiger partial charge >= 0.3 is 11.8 Å². The first-order valence-corrected chi connectivity index (χ1v) is 10.3. The molecule has 0 unspecified atom stereocenters. The third kappa shape index (κ3) is 6.80. The SMILES string of the molecule is CC(C)(C)c1ccc(/C=N\NC(=O)C(=O)Nc2ccc(OCc3ccccc3)cc2)cc1. The predicted octanol–water partition coefficient (Wildman–Crippen LogP) is 4.65. The van der Waals surface area contributed by atoms with Crippen molar-refractivity contribution in [1.29, 1.82) is 0 Å². The lowest BCUT2D eigenvalue weighted by Gasteiger charge is -2.18. The summed E-state index contributed by atoms with van der Waals surface area (Å²) in [5, 5.41) is 6.39. The van der Waals surface area contributed by atoms with Gasteiger partial charge in [0.25, 0.3) is 0 Å². The molecule has 0 aliphatic heterocycles. The van der Waals surface area contributed by atoms with Gasteiger partial charge in [-0.2, -0.15) is 5.10 Å². The summed E-state index contributed by atoms with van der Waals surface area (Å²) in [5.74, 6) is -0.987. The molecule has 2 amide bonds. The summed E-state index contributed by atoms with van der Waals surface area (Å²) in [6.45, 7) is 6.87. The zero-order chi connectivity index (χ0) is 23.0. The lowest BCUT2D eigenvalue weighted by atomic mass is 9.87. The molecule has 0 atom stereocenters. The van der Waals surface area contributed by atoms with Crippen LogP contribution in [0.3, 0.4) is 0 Å². The second-order valence-electron chi connectivity index (χ2n) is 8.32. The molecule has 164 valence electrons. The van der Waals surface area contributed by atoms with E-state index < -0.39 is 11.8 Å². The molecule has 0 aliphatic carbocycles. The number of benzene rings is 3. The maximum Gasteiger partial charge on any atom is 0.329 e. The van der Waals surface area contributed by atoms with Crippen molar-refractivity contribution in [1.82, 2.24) is 5.43 Å². The molecule has 0 saturated heterocycles. The van der Waals surface area contributed by atoms with Crippen LogP contribution in [0.2, 0.25) is 0 Å². The molecule has 0 fully saturated rings. The van der Waals surface area contributed by atoms with Gasteiger partial charge in [0.2, 0.25) is 0 Å². The first kappa shape index (κ1) is 22.7. The van der Waals surface area contributed by atoms with E-state index >= 15 is 0 Å². The highest BCUT2D eigenvalue weighted by Gasteiger charge is 2.14. The monoisotopic (exact) mass is 429 g/mol. The van der Waals surface area contributed by atoms with E-state index in [0.717, 1.165) is 11.1 Å². The molecular formula is C26H27N3O3. The Labute approximate surface area is 188 Å². The predicted molar refractivity (Wildman–Crippen MR) is 127 cm³/mol. The average molecular weight is 430 g/mol. The molecule has 3 aromatic rings. The third-order valence-electron chi connectivity index (χ3n) is 4.72. The van der Waals surface area contributed by atoms with Crippen LogP contribution in [-0.4, -0.2) is 18.0 Å². The highest BCUT2D eigenvalue weighted by atomic mass is 16.5. The quantitative estimate of drug-likeness (QED) is 0.340. The standard InChI is InChI=1S/C26H27N3O3/c1-26(2,3)21-11-9-19(10-12-21)17-27-29-25(31)24(30)28-22-13-15-23(16-14-22)32-18-20-7-5-4-6-8-20/h4-17H,18H2,1-3H3,(H,28,30)(H,29,31)/b27-17-. The van der Waals surface area contributed by atoms with Crippen LogP contribution >= 0.6 is 0 Å². The summed E-state index contributed by atoms with van der Waals surface area (Å²) in [6.07, 6.45) is 1.50. The molecule has 0 heterocycles. The van der Waals surface area contributed by atoms with E-state index in [2.05, 4.69) is 36.6 Å². The van der Waals surface area contributed by atoms with E-state index in [4.69, 9.17) is 4.74 Å². The van der Waals surface area contributed by atoms with Crippen molar-refractivity contribution in [3.05, 3.63) is 95.6 Å². The molecule has 3 rings (SSSR count). The van der Waals surface area contributed by atoms with Crippen LogP contribution in [-0.2, 0) is 21.6 Å². The minimum atomic E-state index is -0.850. The van der Waals surface area contributed by atoms with Crippen molar-refractivity contribution in [2.75, 3.05) is 5.32 Å². The van der Waals surface area contributed by atoms with E-state index in [1.165, 1.54) is 11.8 Å². The summed E-state index contributed by atoms with van der Waals surface area (Å²) in [5.41, 5.74) is 5.88. The molecule has 0 bridgehead atoms. The van der Waals surface area contributed by atoms with Gasteiger partial charge in [-0.1, -0.05) is 75.4 Å². The summed E-state index contributed by atoms with van der Waals surface area (Å²) in [7, 11) is 0. The Balaban J connectivity index is 1.46. The fourth-order valence-corrected chi connectivity index (χ4v) is 2.85. The maximum absolute atomic E-state index is 12.1. The molecule has 6 heteroatoms. The van der Waals surface area contributed by atoms with Crippen molar-refractivity contribution in [2.45, 2.75) is 32.8 Å². The number of ether oxygens (including phenoxy) is 1. The number of amides is 2. The van der Waals surface area contributed by atoms with Crippen molar-refractivity contribution in [3.63, 3.8) is 0 Å². The Hall–Kier alpha value is -3.93. The fourth-order valence-electron chi connectivity index (χ4n) is 2.85. The normalized spacial score (nSPS) is 11.2. The number of hydrogen-bond acceptors (Lipinski definition) is 4. The molecule has 32 heavy (non-hydrogen) atoms. The van der Waals surface area contributed by atoms with E-state index in [1.54, 1.807) is 24.3 Å². The van der Waals surface area contributed by atoms with E-state index in [0.29, 0.717) is 18.0 Å². The van der Waals surface area contributed by atoms with Crippen LogP contribution < -0.4 is 15.5 Å².